The second-order valence-corrected chi connectivity index (χ2v) is 11.2. The van der Waals surface area contributed by atoms with E-state index in [9.17, 15) is 9.90 Å². The number of nitrogens with zero attached hydrogens (tertiary/aromatic N) is 2. The number of anilines is 1. The van der Waals surface area contributed by atoms with E-state index in [1.165, 1.54) is 18.4 Å². The highest BCUT2D eigenvalue weighted by Crippen LogP contribution is 2.27. The summed E-state index contributed by atoms with van der Waals surface area (Å²) in [5.74, 6) is 0.747. The van der Waals surface area contributed by atoms with Gasteiger partial charge in [-0.1, -0.05) is 78.9 Å². The molecule has 0 saturated carbocycles. The number of carbonyl (C=O) groups is 1. The van der Waals surface area contributed by atoms with E-state index < -0.39 is 0 Å². The smallest absolute Gasteiger partial charge is 0.319 e. The van der Waals surface area contributed by atoms with Crippen molar-refractivity contribution in [3.8, 4) is 11.1 Å². The Kier molecular flexibility index (Phi) is 9.65. The van der Waals surface area contributed by atoms with Crippen LogP contribution in [0.2, 0.25) is 0 Å². The van der Waals surface area contributed by atoms with Crippen LogP contribution in [0, 0.1) is 5.92 Å². The fourth-order valence-electron chi connectivity index (χ4n) is 6.04. The van der Waals surface area contributed by atoms with E-state index in [2.05, 4.69) is 62.9 Å². The molecule has 39 heavy (non-hydrogen) atoms. The highest BCUT2D eigenvalue weighted by molar-refractivity contribution is 5.94. The van der Waals surface area contributed by atoms with E-state index in [0.29, 0.717) is 6.54 Å². The zero-order valence-corrected chi connectivity index (χ0v) is 22.8. The Morgan fingerprint density at radius 1 is 0.769 bits per heavy atom. The number of para-hydroxylation sites is 1. The maximum atomic E-state index is 12.8. The molecule has 2 saturated heterocycles. The van der Waals surface area contributed by atoms with Crippen molar-refractivity contribution in [3.05, 3.63) is 90.5 Å². The lowest BCUT2D eigenvalue weighted by atomic mass is 9.90. The number of amides is 2. The average Bonchev–Trinajstić information content (AvgIpc) is 2.96. The Hall–Kier alpha value is -3.19. The van der Waals surface area contributed by atoms with E-state index >= 15 is 0 Å². The number of β-amino-alcohol motifs (C(OH)–C–C–N with tert-alkyl or cyclic N) is 1. The van der Waals surface area contributed by atoms with Crippen molar-refractivity contribution in [2.75, 3.05) is 44.6 Å². The van der Waals surface area contributed by atoms with Crippen LogP contribution in [0.1, 0.15) is 31.2 Å². The Morgan fingerprint density at radius 3 is 2.00 bits per heavy atom. The van der Waals surface area contributed by atoms with Crippen LogP contribution in [0.4, 0.5) is 10.5 Å². The first-order valence-corrected chi connectivity index (χ1v) is 14.5. The van der Waals surface area contributed by atoms with E-state index in [4.69, 9.17) is 0 Å². The first-order chi connectivity index (χ1) is 19.1. The van der Waals surface area contributed by atoms with Gasteiger partial charge in [-0.15, -0.1) is 0 Å². The quantitative estimate of drug-likeness (QED) is 0.356. The molecule has 0 aliphatic carbocycles. The first kappa shape index (κ1) is 27.4. The molecule has 3 N–H and O–H groups in total. The summed E-state index contributed by atoms with van der Waals surface area (Å²) in [5.41, 5.74) is 4.34. The van der Waals surface area contributed by atoms with Gasteiger partial charge in [0.1, 0.15) is 0 Å². The lowest BCUT2D eigenvalue weighted by Crippen LogP contribution is -2.49. The summed E-state index contributed by atoms with van der Waals surface area (Å²) in [4.78, 5) is 17.6. The number of hydrogen-bond acceptors (Lipinski definition) is 4. The molecular formula is C33H42N4O2. The fourth-order valence-corrected chi connectivity index (χ4v) is 6.04. The molecule has 5 rings (SSSR count). The summed E-state index contributed by atoms with van der Waals surface area (Å²) in [6.07, 6.45) is 5.03. The monoisotopic (exact) mass is 526 g/mol. The van der Waals surface area contributed by atoms with Crippen molar-refractivity contribution in [1.29, 1.82) is 0 Å². The Morgan fingerprint density at radius 2 is 1.33 bits per heavy atom. The average molecular weight is 527 g/mol. The molecule has 1 atom stereocenters. The van der Waals surface area contributed by atoms with Gasteiger partial charge >= 0.3 is 6.03 Å². The number of hydrogen-bond donors (Lipinski definition) is 3. The molecule has 6 nitrogen and oxygen atoms in total. The molecule has 0 aromatic heterocycles. The minimum atomic E-state index is -0.335. The third-order valence-electron chi connectivity index (χ3n) is 8.20. The summed E-state index contributed by atoms with van der Waals surface area (Å²) in [6, 6.07) is 28.8. The van der Waals surface area contributed by atoms with Crippen molar-refractivity contribution in [3.63, 3.8) is 0 Å². The van der Waals surface area contributed by atoms with Gasteiger partial charge in [0.05, 0.1) is 11.8 Å². The lowest BCUT2D eigenvalue weighted by molar-refractivity contribution is 0.0522. The predicted octanol–water partition coefficient (Wildman–Crippen LogP) is 5.26. The van der Waals surface area contributed by atoms with Crippen molar-refractivity contribution in [1.82, 2.24) is 15.1 Å². The SMILES string of the molecule is O=C(Nc1ccccc1-c1ccccc1)NC1CCN(CC(O)CN2CCC(Cc3ccccc3)CC2)CC1. The fraction of sp³-hybridized carbons (Fsp3) is 0.424. The van der Waals surface area contributed by atoms with Gasteiger partial charge in [-0.05, 0) is 68.3 Å². The second kappa shape index (κ2) is 13.7. The lowest BCUT2D eigenvalue weighted by Gasteiger charge is -2.36. The summed E-state index contributed by atoms with van der Waals surface area (Å²) < 4.78 is 0. The largest absolute Gasteiger partial charge is 0.390 e. The molecule has 2 fully saturated rings. The maximum absolute atomic E-state index is 12.8. The summed E-state index contributed by atoms with van der Waals surface area (Å²) >= 11 is 0. The molecule has 3 aromatic carbocycles. The molecule has 3 aromatic rings. The van der Waals surface area contributed by atoms with Crippen molar-refractivity contribution < 1.29 is 9.90 Å². The first-order valence-electron chi connectivity index (χ1n) is 14.5. The highest BCUT2D eigenvalue weighted by Gasteiger charge is 2.25. The Labute approximate surface area is 233 Å². The van der Waals surface area contributed by atoms with Crippen molar-refractivity contribution in [2.45, 2.75) is 44.2 Å². The van der Waals surface area contributed by atoms with Gasteiger partial charge in [0.2, 0.25) is 0 Å². The minimum Gasteiger partial charge on any atom is -0.390 e. The Bertz CT molecular complexity index is 1160. The summed E-state index contributed by atoms with van der Waals surface area (Å²) in [7, 11) is 0. The third kappa shape index (κ3) is 8.15. The topological polar surface area (TPSA) is 67.8 Å². The molecule has 0 spiro atoms. The molecule has 0 bridgehead atoms. The van der Waals surface area contributed by atoms with Crippen LogP contribution >= 0.6 is 0 Å². The van der Waals surface area contributed by atoms with E-state index in [1.807, 2.05) is 42.5 Å². The van der Waals surface area contributed by atoms with E-state index in [1.54, 1.807) is 0 Å². The van der Waals surface area contributed by atoms with E-state index in [-0.39, 0.29) is 18.2 Å². The second-order valence-electron chi connectivity index (χ2n) is 11.2. The molecule has 2 aliphatic heterocycles. The van der Waals surface area contributed by atoms with Gasteiger partial charge in [-0.25, -0.2) is 4.79 Å². The van der Waals surface area contributed by atoms with Gasteiger partial charge < -0.3 is 25.5 Å². The van der Waals surface area contributed by atoms with Crippen LogP contribution in [0.25, 0.3) is 11.1 Å². The van der Waals surface area contributed by atoms with Gasteiger partial charge in [-0.3, -0.25) is 0 Å². The predicted molar refractivity (Wildman–Crippen MR) is 159 cm³/mol. The molecular weight excluding hydrogens is 484 g/mol. The highest BCUT2D eigenvalue weighted by atomic mass is 16.3. The number of carbonyl (C=O) groups excluding carboxylic acids is 1. The molecule has 0 radical (unpaired) electrons. The van der Waals surface area contributed by atoms with Crippen molar-refractivity contribution in [2.24, 2.45) is 5.92 Å². The summed E-state index contributed by atoms with van der Waals surface area (Å²) in [6.45, 7) is 5.38. The minimum absolute atomic E-state index is 0.144. The molecule has 6 heteroatoms. The number of aliphatic hydroxyl groups excluding tert-OH is 1. The number of aliphatic hydroxyl groups is 1. The van der Waals surface area contributed by atoms with Crippen LogP contribution in [0.3, 0.4) is 0 Å². The van der Waals surface area contributed by atoms with Gasteiger partial charge in [0.15, 0.2) is 0 Å². The van der Waals surface area contributed by atoms with Gasteiger partial charge in [0.25, 0.3) is 0 Å². The molecule has 2 aliphatic rings. The molecule has 2 amide bonds. The third-order valence-corrected chi connectivity index (χ3v) is 8.20. The van der Waals surface area contributed by atoms with E-state index in [0.717, 1.165) is 74.7 Å². The molecule has 1 unspecified atom stereocenters. The van der Waals surface area contributed by atoms with Gasteiger partial charge in [-0.2, -0.15) is 0 Å². The van der Waals surface area contributed by atoms with Crippen LogP contribution in [-0.4, -0.2) is 72.4 Å². The maximum Gasteiger partial charge on any atom is 0.319 e. The number of nitrogens with one attached hydrogen (secondary N) is 2. The normalized spacial score (nSPS) is 18.5. The standard InChI is InChI=1S/C33H42N4O2/c38-30(24-36-19-15-27(16-20-36)23-26-9-3-1-4-10-26)25-37-21-17-29(18-22-37)34-33(39)35-32-14-8-7-13-31(32)28-11-5-2-6-12-28/h1-14,27,29-30,38H,15-25H2,(H2,34,35,39). The number of rotatable bonds is 9. The number of benzene rings is 3. The molecule has 206 valence electrons. The van der Waals surface area contributed by atoms with Crippen LogP contribution in [-0.2, 0) is 6.42 Å². The molecule has 2 heterocycles. The number of urea groups is 1. The van der Waals surface area contributed by atoms with Crippen LogP contribution in [0.15, 0.2) is 84.9 Å². The van der Waals surface area contributed by atoms with Crippen LogP contribution in [0.5, 0.6) is 0 Å². The zero-order chi connectivity index (χ0) is 26.9. The zero-order valence-electron chi connectivity index (χ0n) is 22.8. The number of likely N-dealkylation sites (tertiary alicyclic amines) is 2. The van der Waals surface area contributed by atoms with Crippen LogP contribution < -0.4 is 10.6 Å². The van der Waals surface area contributed by atoms with Gasteiger partial charge in [0, 0.05) is 37.8 Å². The summed E-state index contributed by atoms with van der Waals surface area (Å²) in [5, 5.41) is 17.0. The van der Waals surface area contributed by atoms with Crippen molar-refractivity contribution >= 4 is 11.7 Å². The Balaban J connectivity index is 0.999. The number of piperidine rings is 2.